The van der Waals surface area contributed by atoms with Gasteiger partial charge in [-0.1, -0.05) is 26.0 Å². The van der Waals surface area contributed by atoms with Gasteiger partial charge in [0.15, 0.2) is 0 Å². The molecule has 0 saturated carbocycles. The van der Waals surface area contributed by atoms with Crippen molar-refractivity contribution in [3.8, 4) is 0 Å². The zero-order chi connectivity index (χ0) is 15.2. The van der Waals surface area contributed by atoms with Gasteiger partial charge in [0.2, 0.25) is 0 Å². The quantitative estimate of drug-likeness (QED) is 0.872. The number of ether oxygens (including phenoxy) is 1. The largest absolute Gasteiger partial charge is 0.381 e. The molecule has 1 fully saturated rings. The second-order valence-electron chi connectivity index (χ2n) is 6.23. The van der Waals surface area contributed by atoms with Gasteiger partial charge in [-0.05, 0) is 36.9 Å². The van der Waals surface area contributed by atoms with Crippen LogP contribution in [0.25, 0.3) is 0 Å². The Labute approximate surface area is 127 Å². The number of hydrogen-bond acceptors (Lipinski definition) is 3. The third kappa shape index (κ3) is 4.42. The molecule has 1 N–H and O–H groups in total. The van der Waals surface area contributed by atoms with Crippen molar-refractivity contribution in [2.24, 2.45) is 5.92 Å². The van der Waals surface area contributed by atoms with Crippen molar-refractivity contribution < 1.29 is 9.13 Å². The zero-order valence-corrected chi connectivity index (χ0v) is 13.4. The van der Waals surface area contributed by atoms with E-state index in [1.54, 1.807) is 12.1 Å². The van der Waals surface area contributed by atoms with Crippen molar-refractivity contribution in [1.29, 1.82) is 0 Å². The third-order valence-electron chi connectivity index (χ3n) is 4.03. The summed E-state index contributed by atoms with van der Waals surface area (Å²) in [7, 11) is 2.00. The minimum Gasteiger partial charge on any atom is -0.381 e. The fraction of sp³-hybridized carbons (Fsp3) is 0.647. The molecule has 0 atom stereocenters. The summed E-state index contributed by atoms with van der Waals surface area (Å²) in [6, 6.07) is 5.72. The van der Waals surface area contributed by atoms with Crippen LogP contribution < -0.4 is 10.2 Å². The van der Waals surface area contributed by atoms with Crippen LogP contribution in [0.1, 0.15) is 32.3 Å². The maximum absolute atomic E-state index is 14.3. The highest BCUT2D eigenvalue weighted by atomic mass is 19.1. The number of hydrogen-bond donors (Lipinski definition) is 1. The molecule has 4 heteroatoms. The van der Waals surface area contributed by atoms with Gasteiger partial charge in [0.1, 0.15) is 5.82 Å². The molecule has 1 aromatic rings. The van der Waals surface area contributed by atoms with E-state index in [0.717, 1.165) is 43.9 Å². The lowest BCUT2D eigenvalue weighted by molar-refractivity contribution is 0.0853. The average Bonchev–Trinajstić information content (AvgIpc) is 2.47. The molecule has 1 saturated heterocycles. The van der Waals surface area contributed by atoms with Gasteiger partial charge in [0.05, 0.1) is 5.69 Å². The van der Waals surface area contributed by atoms with Crippen LogP contribution in [0.2, 0.25) is 0 Å². The Kier molecular flexibility index (Phi) is 6.00. The van der Waals surface area contributed by atoms with Gasteiger partial charge in [-0.15, -0.1) is 0 Å². The fourth-order valence-corrected chi connectivity index (χ4v) is 2.85. The van der Waals surface area contributed by atoms with Crippen molar-refractivity contribution in [2.45, 2.75) is 39.3 Å². The Morgan fingerprint density at radius 2 is 2.05 bits per heavy atom. The van der Waals surface area contributed by atoms with E-state index >= 15 is 0 Å². The Bertz CT molecular complexity index is 444. The summed E-state index contributed by atoms with van der Waals surface area (Å²) in [6.45, 7) is 7.53. The van der Waals surface area contributed by atoms with Crippen LogP contribution in [0.15, 0.2) is 18.2 Å². The van der Waals surface area contributed by atoms with Crippen molar-refractivity contribution in [2.75, 3.05) is 31.7 Å². The summed E-state index contributed by atoms with van der Waals surface area (Å²) >= 11 is 0. The summed E-state index contributed by atoms with van der Waals surface area (Å²) in [5, 5.41) is 3.41. The monoisotopic (exact) mass is 294 g/mol. The second-order valence-corrected chi connectivity index (χ2v) is 6.23. The lowest BCUT2D eigenvalue weighted by atomic mass is 10.0. The molecule has 0 aliphatic carbocycles. The number of nitrogens with one attached hydrogen (secondary N) is 1. The first-order chi connectivity index (χ1) is 10.1. The Morgan fingerprint density at radius 1 is 1.33 bits per heavy atom. The van der Waals surface area contributed by atoms with Crippen LogP contribution in [0.4, 0.5) is 10.1 Å². The van der Waals surface area contributed by atoms with Crippen LogP contribution in [0.3, 0.4) is 0 Å². The molecule has 0 spiro atoms. The average molecular weight is 294 g/mol. The van der Waals surface area contributed by atoms with Crippen molar-refractivity contribution in [1.82, 2.24) is 5.32 Å². The molecule has 0 unspecified atom stereocenters. The molecule has 0 aromatic heterocycles. The van der Waals surface area contributed by atoms with E-state index in [9.17, 15) is 4.39 Å². The van der Waals surface area contributed by atoms with E-state index in [-0.39, 0.29) is 5.82 Å². The second kappa shape index (κ2) is 7.76. The highest BCUT2D eigenvalue weighted by molar-refractivity contribution is 5.55. The predicted octanol–water partition coefficient (Wildman–Crippen LogP) is 3.19. The molecule has 1 aliphatic rings. The summed E-state index contributed by atoms with van der Waals surface area (Å²) < 4.78 is 19.7. The maximum Gasteiger partial charge on any atom is 0.146 e. The first kappa shape index (κ1) is 16.2. The number of rotatable bonds is 6. The number of halogens is 1. The lowest BCUT2D eigenvalue weighted by Gasteiger charge is -2.34. The van der Waals surface area contributed by atoms with E-state index in [2.05, 4.69) is 24.1 Å². The Hall–Kier alpha value is -1.13. The number of benzene rings is 1. The molecule has 1 heterocycles. The molecule has 1 aliphatic heterocycles. The molecule has 118 valence electrons. The van der Waals surface area contributed by atoms with E-state index < -0.39 is 0 Å². The molecule has 0 bridgehead atoms. The van der Waals surface area contributed by atoms with E-state index in [1.165, 1.54) is 0 Å². The van der Waals surface area contributed by atoms with Crippen LogP contribution in [-0.4, -0.2) is 32.8 Å². The molecule has 0 radical (unpaired) electrons. The van der Waals surface area contributed by atoms with Crippen LogP contribution in [-0.2, 0) is 11.3 Å². The predicted molar refractivity (Wildman–Crippen MR) is 85.2 cm³/mol. The molecular weight excluding hydrogens is 267 g/mol. The van der Waals surface area contributed by atoms with Crippen LogP contribution in [0.5, 0.6) is 0 Å². The Morgan fingerprint density at radius 3 is 2.71 bits per heavy atom. The number of para-hydroxylation sites is 1. The first-order valence-corrected chi connectivity index (χ1v) is 7.88. The van der Waals surface area contributed by atoms with E-state index in [4.69, 9.17) is 4.74 Å². The molecule has 1 aromatic carbocycles. The highest BCUT2D eigenvalue weighted by Crippen LogP contribution is 2.28. The maximum atomic E-state index is 14.3. The summed E-state index contributed by atoms with van der Waals surface area (Å²) in [6.07, 6.45) is 1.92. The van der Waals surface area contributed by atoms with Crippen LogP contribution >= 0.6 is 0 Å². The number of nitrogens with zero attached hydrogens (tertiary/aromatic N) is 1. The fourth-order valence-electron chi connectivity index (χ4n) is 2.85. The highest BCUT2D eigenvalue weighted by Gasteiger charge is 2.22. The Balaban J connectivity index is 2.12. The first-order valence-electron chi connectivity index (χ1n) is 7.88. The third-order valence-corrected chi connectivity index (χ3v) is 4.03. The SMILES string of the molecule is CC(C)CNCc1cccc(F)c1N(C)C1CCOCC1. The minimum absolute atomic E-state index is 0.132. The summed E-state index contributed by atoms with van der Waals surface area (Å²) in [4.78, 5) is 2.10. The van der Waals surface area contributed by atoms with Crippen molar-refractivity contribution in [3.63, 3.8) is 0 Å². The molecular formula is C17H27FN2O. The van der Waals surface area contributed by atoms with Gasteiger partial charge in [-0.25, -0.2) is 4.39 Å². The van der Waals surface area contributed by atoms with Gasteiger partial charge < -0.3 is 15.0 Å². The normalized spacial score (nSPS) is 16.4. The standard InChI is InChI=1S/C17H27FN2O/c1-13(2)11-19-12-14-5-4-6-16(18)17(14)20(3)15-7-9-21-10-8-15/h4-6,13,15,19H,7-12H2,1-3H3. The van der Waals surface area contributed by atoms with Crippen molar-refractivity contribution in [3.05, 3.63) is 29.6 Å². The molecule has 2 rings (SSSR count). The zero-order valence-electron chi connectivity index (χ0n) is 13.4. The van der Waals surface area contributed by atoms with Gasteiger partial charge in [-0.3, -0.25) is 0 Å². The topological polar surface area (TPSA) is 24.5 Å². The summed E-state index contributed by atoms with van der Waals surface area (Å²) in [5.74, 6) is 0.461. The number of anilines is 1. The van der Waals surface area contributed by atoms with Gasteiger partial charge >= 0.3 is 0 Å². The molecule has 21 heavy (non-hydrogen) atoms. The minimum atomic E-state index is -0.132. The van der Waals surface area contributed by atoms with Gasteiger partial charge in [0.25, 0.3) is 0 Å². The molecule has 0 amide bonds. The van der Waals surface area contributed by atoms with Gasteiger partial charge in [-0.2, -0.15) is 0 Å². The molecule has 3 nitrogen and oxygen atoms in total. The smallest absolute Gasteiger partial charge is 0.146 e. The lowest BCUT2D eigenvalue weighted by Crippen LogP contribution is -2.38. The van der Waals surface area contributed by atoms with E-state index in [1.807, 2.05) is 13.1 Å². The van der Waals surface area contributed by atoms with Gasteiger partial charge in [0, 0.05) is 32.8 Å². The van der Waals surface area contributed by atoms with E-state index in [0.29, 0.717) is 18.5 Å². The summed E-state index contributed by atoms with van der Waals surface area (Å²) in [5.41, 5.74) is 1.77. The van der Waals surface area contributed by atoms with Crippen molar-refractivity contribution >= 4 is 5.69 Å². The van der Waals surface area contributed by atoms with Crippen LogP contribution in [0, 0.1) is 11.7 Å².